The molecule has 1 N–H and O–H groups in total. The number of aliphatic hydroxyl groups is 1. The Hall–Kier alpha value is -0.900. The maximum atomic E-state index is 9.21. The van der Waals surface area contributed by atoms with Crippen LogP contribution >= 0.6 is 0 Å². The van der Waals surface area contributed by atoms with E-state index in [1.807, 2.05) is 4.57 Å². The molecule has 1 heterocycles. The zero-order valence-electron chi connectivity index (χ0n) is 7.63. The average molecular weight is 181 g/mol. The van der Waals surface area contributed by atoms with Gasteiger partial charge in [0.25, 0.3) is 0 Å². The van der Waals surface area contributed by atoms with E-state index in [0.717, 1.165) is 12.8 Å². The van der Waals surface area contributed by atoms with E-state index in [-0.39, 0.29) is 6.61 Å². The van der Waals surface area contributed by atoms with Crippen molar-refractivity contribution < 1.29 is 5.11 Å². The van der Waals surface area contributed by atoms with E-state index in [1.54, 1.807) is 12.7 Å². The predicted octanol–water partition coefficient (Wildman–Crippen LogP) is 1.00. The minimum Gasteiger partial charge on any atom is -0.396 e. The van der Waals surface area contributed by atoms with Crippen LogP contribution in [-0.2, 0) is 0 Å². The molecule has 1 aromatic rings. The van der Waals surface area contributed by atoms with Gasteiger partial charge in [0, 0.05) is 18.6 Å². The van der Waals surface area contributed by atoms with Crippen molar-refractivity contribution in [3.63, 3.8) is 0 Å². The molecule has 0 aliphatic heterocycles. The number of aromatic nitrogens is 3. The Bertz CT molecular complexity index is 247. The summed E-state index contributed by atoms with van der Waals surface area (Å²) in [6.07, 6.45) is 8.25. The molecule has 0 bridgehead atoms. The van der Waals surface area contributed by atoms with Crippen molar-refractivity contribution in [2.24, 2.45) is 5.92 Å². The van der Waals surface area contributed by atoms with E-state index in [2.05, 4.69) is 10.2 Å². The molecule has 1 aromatic heterocycles. The number of hydrogen-bond acceptors (Lipinski definition) is 3. The van der Waals surface area contributed by atoms with Gasteiger partial charge in [-0.15, -0.1) is 10.2 Å². The Labute approximate surface area is 77.6 Å². The smallest absolute Gasteiger partial charge is 0.119 e. The fourth-order valence-electron chi connectivity index (χ4n) is 2.17. The van der Waals surface area contributed by atoms with Gasteiger partial charge in [-0.3, -0.25) is 0 Å². The highest BCUT2D eigenvalue weighted by Crippen LogP contribution is 2.32. The summed E-state index contributed by atoms with van der Waals surface area (Å²) in [5.74, 6) is 0.393. The van der Waals surface area contributed by atoms with Crippen LogP contribution in [0.25, 0.3) is 0 Å². The molecule has 0 aromatic carbocycles. The normalized spacial score (nSPS) is 29.0. The molecule has 2 rings (SSSR count). The largest absolute Gasteiger partial charge is 0.396 e. The van der Waals surface area contributed by atoms with Crippen molar-refractivity contribution in [3.05, 3.63) is 12.7 Å². The second-order valence-corrected chi connectivity index (χ2v) is 3.70. The quantitative estimate of drug-likeness (QED) is 0.740. The lowest BCUT2D eigenvalue weighted by Gasteiger charge is -2.30. The van der Waals surface area contributed by atoms with E-state index >= 15 is 0 Å². The SMILES string of the molecule is OCC1CCCCC1n1cnnc1. The van der Waals surface area contributed by atoms with Crippen molar-refractivity contribution in [2.75, 3.05) is 6.61 Å². The first kappa shape index (κ1) is 8.69. The van der Waals surface area contributed by atoms with Gasteiger partial charge < -0.3 is 9.67 Å². The van der Waals surface area contributed by atoms with Gasteiger partial charge in [-0.2, -0.15) is 0 Å². The van der Waals surface area contributed by atoms with E-state index in [9.17, 15) is 5.11 Å². The maximum Gasteiger partial charge on any atom is 0.119 e. The summed E-state index contributed by atoms with van der Waals surface area (Å²) in [5, 5.41) is 16.8. The number of rotatable bonds is 2. The van der Waals surface area contributed by atoms with Gasteiger partial charge in [0.2, 0.25) is 0 Å². The van der Waals surface area contributed by atoms with Gasteiger partial charge in [-0.25, -0.2) is 0 Å². The van der Waals surface area contributed by atoms with Crippen LogP contribution in [0.2, 0.25) is 0 Å². The van der Waals surface area contributed by atoms with Gasteiger partial charge in [0.1, 0.15) is 12.7 Å². The minimum absolute atomic E-state index is 0.281. The second-order valence-electron chi connectivity index (χ2n) is 3.70. The zero-order chi connectivity index (χ0) is 9.10. The maximum absolute atomic E-state index is 9.21. The monoisotopic (exact) mass is 181 g/mol. The minimum atomic E-state index is 0.281. The first-order valence-electron chi connectivity index (χ1n) is 4.87. The summed E-state index contributed by atoms with van der Waals surface area (Å²) in [7, 11) is 0. The van der Waals surface area contributed by atoms with Crippen molar-refractivity contribution >= 4 is 0 Å². The van der Waals surface area contributed by atoms with Crippen LogP contribution in [0.4, 0.5) is 0 Å². The van der Waals surface area contributed by atoms with E-state index < -0.39 is 0 Å². The predicted molar refractivity (Wildman–Crippen MR) is 48.1 cm³/mol. The average Bonchev–Trinajstić information content (AvgIpc) is 2.70. The third kappa shape index (κ3) is 1.72. The molecule has 1 saturated carbocycles. The number of nitrogens with zero attached hydrogens (tertiary/aromatic N) is 3. The summed E-state index contributed by atoms with van der Waals surface area (Å²) in [6, 6.07) is 0.411. The summed E-state index contributed by atoms with van der Waals surface area (Å²) >= 11 is 0. The molecule has 2 unspecified atom stereocenters. The highest BCUT2D eigenvalue weighted by Gasteiger charge is 2.25. The van der Waals surface area contributed by atoms with Crippen molar-refractivity contribution in [1.82, 2.24) is 14.8 Å². The molecule has 2 atom stereocenters. The van der Waals surface area contributed by atoms with Gasteiger partial charge in [-0.1, -0.05) is 12.8 Å². The summed E-state index contributed by atoms with van der Waals surface area (Å²) in [4.78, 5) is 0. The second kappa shape index (κ2) is 3.87. The Morgan fingerprint density at radius 3 is 2.62 bits per heavy atom. The van der Waals surface area contributed by atoms with E-state index in [0.29, 0.717) is 12.0 Å². The first-order valence-corrected chi connectivity index (χ1v) is 4.87. The first-order chi connectivity index (χ1) is 6.42. The van der Waals surface area contributed by atoms with Crippen LogP contribution in [0.3, 0.4) is 0 Å². The van der Waals surface area contributed by atoms with Gasteiger partial charge >= 0.3 is 0 Å². The van der Waals surface area contributed by atoms with Gasteiger partial charge in [0.05, 0.1) is 0 Å². The van der Waals surface area contributed by atoms with Crippen LogP contribution < -0.4 is 0 Å². The molecule has 1 fully saturated rings. The van der Waals surface area contributed by atoms with Crippen molar-refractivity contribution in [3.8, 4) is 0 Å². The molecule has 0 saturated heterocycles. The number of hydrogen-bond donors (Lipinski definition) is 1. The molecule has 4 heteroatoms. The van der Waals surface area contributed by atoms with Crippen molar-refractivity contribution in [1.29, 1.82) is 0 Å². The highest BCUT2D eigenvalue weighted by molar-refractivity contribution is 4.82. The molecular formula is C9H15N3O. The molecule has 1 aliphatic carbocycles. The molecule has 1 aliphatic rings. The molecule has 0 amide bonds. The van der Waals surface area contributed by atoms with Crippen LogP contribution in [0, 0.1) is 5.92 Å². The van der Waals surface area contributed by atoms with Crippen LogP contribution in [0.1, 0.15) is 31.7 Å². The standard InChI is InChI=1S/C9H15N3O/c13-5-8-3-1-2-4-9(8)12-6-10-11-7-12/h6-9,13H,1-5H2. The zero-order valence-corrected chi connectivity index (χ0v) is 7.63. The molecule has 0 spiro atoms. The summed E-state index contributed by atoms with van der Waals surface area (Å²) in [5.41, 5.74) is 0. The fourth-order valence-corrected chi connectivity index (χ4v) is 2.17. The summed E-state index contributed by atoms with van der Waals surface area (Å²) < 4.78 is 2.03. The lowest BCUT2D eigenvalue weighted by Crippen LogP contribution is -2.25. The Morgan fingerprint density at radius 2 is 1.92 bits per heavy atom. The molecule has 72 valence electrons. The van der Waals surface area contributed by atoms with E-state index in [4.69, 9.17) is 0 Å². The lowest BCUT2D eigenvalue weighted by molar-refractivity contribution is 0.138. The summed E-state index contributed by atoms with van der Waals surface area (Å²) in [6.45, 7) is 0.281. The number of aliphatic hydroxyl groups excluding tert-OH is 1. The molecule has 13 heavy (non-hydrogen) atoms. The lowest BCUT2D eigenvalue weighted by atomic mass is 9.85. The highest BCUT2D eigenvalue weighted by atomic mass is 16.3. The molecular weight excluding hydrogens is 166 g/mol. The van der Waals surface area contributed by atoms with E-state index in [1.165, 1.54) is 12.8 Å². The Kier molecular flexibility index (Phi) is 2.59. The van der Waals surface area contributed by atoms with Crippen LogP contribution in [0.5, 0.6) is 0 Å². The van der Waals surface area contributed by atoms with Crippen LogP contribution in [-0.4, -0.2) is 26.5 Å². The molecule has 4 nitrogen and oxygen atoms in total. The fraction of sp³-hybridized carbons (Fsp3) is 0.778. The molecule has 0 radical (unpaired) electrons. The van der Waals surface area contributed by atoms with Gasteiger partial charge in [-0.05, 0) is 12.8 Å². The van der Waals surface area contributed by atoms with Gasteiger partial charge in [0.15, 0.2) is 0 Å². The van der Waals surface area contributed by atoms with Crippen molar-refractivity contribution in [2.45, 2.75) is 31.7 Å². The third-order valence-electron chi connectivity index (χ3n) is 2.92. The topological polar surface area (TPSA) is 50.9 Å². The Balaban J connectivity index is 2.11. The van der Waals surface area contributed by atoms with Crippen LogP contribution in [0.15, 0.2) is 12.7 Å². The third-order valence-corrected chi connectivity index (χ3v) is 2.92. The Morgan fingerprint density at radius 1 is 1.23 bits per heavy atom.